The minimum absolute atomic E-state index is 0.101. The Hall–Kier alpha value is -3.87. The molecular weight excluding hydrogens is 468 g/mol. The van der Waals surface area contributed by atoms with Gasteiger partial charge in [0.25, 0.3) is 11.6 Å². The number of ether oxygens (including phenoxy) is 1. The van der Waals surface area contributed by atoms with E-state index in [-0.39, 0.29) is 28.2 Å². The second-order valence-electron chi connectivity index (χ2n) is 12.1. The van der Waals surface area contributed by atoms with Gasteiger partial charge in [-0.05, 0) is 39.7 Å². The van der Waals surface area contributed by atoms with Crippen LogP contribution in [0.2, 0.25) is 0 Å². The number of likely N-dealkylation sites (N-methyl/N-ethyl adjacent to an activating group) is 1. The summed E-state index contributed by atoms with van der Waals surface area (Å²) in [6.45, 7) is 12.3. The number of nitro groups is 1. The van der Waals surface area contributed by atoms with Crippen molar-refractivity contribution in [2.45, 2.75) is 63.9 Å². The highest BCUT2D eigenvalue weighted by molar-refractivity contribution is 6.09. The number of amides is 1. The molecule has 37 heavy (non-hydrogen) atoms. The predicted octanol–water partition coefficient (Wildman–Crippen LogP) is 6.29. The number of nitrogens with zero attached hydrogens (tertiary/aromatic N) is 2. The fraction of sp³-hybridized carbons (Fsp3) is 0.367. The molecule has 3 aromatic carbocycles. The second-order valence-corrected chi connectivity index (χ2v) is 12.1. The van der Waals surface area contributed by atoms with Crippen molar-refractivity contribution in [3.63, 3.8) is 0 Å². The highest BCUT2D eigenvalue weighted by atomic mass is 16.6. The average Bonchev–Trinajstić information content (AvgIpc) is 3.26. The molecule has 2 aliphatic rings. The van der Waals surface area contributed by atoms with Crippen molar-refractivity contribution in [3.8, 4) is 11.5 Å². The summed E-state index contributed by atoms with van der Waals surface area (Å²) in [5.41, 5.74) is 1.88. The third-order valence-electron chi connectivity index (χ3n) is 7.56. The fourth-order valence-electron chi connectivity index (χ4n) is 5.72. The Kier molecular flexibility index (Phi) is 5.24. The van der Waals surface area contributed by atoms with Crippen molar-refractivity contribution in [2.75, 3.05) is 11.9 Å². The van der Waals surface area contributed by atoms with Gasteiger partial charge in [-0.25, -0.2) is 0 Å². The van der Waals surface area contributed by atoms with Crippen LogP contribution in [-0.4, -0.2) is 23.0 Å². The molecule has 1 amide bonds. The average molecular weight is 501 g/mol. The van der Waals surface area contributed by atoms with Gasteiger partial charge >= 0.3 is 0 Å². The maximum Gasteiger partial charge on any atom is 0.276 e. The van der Waals surface area contributed by atoms with Crippen molar-refractivity contribution in [3.05, 3.63) is 92.5 Å². The van der Waals surface area contributed by atoms with E-state index in [9.17, 15) is 20.0 Å². The number of para-hydroxylation sites is 1. The molecule has 0 saturated carbocycles. The summed E-state index contributed by atoms with van der Waals surface area (Å²) in [6, 6.07) is 15.9. The van der Waals surface area contributed by atoms with Crippen LogP contribution in [0, 0.1) is 10.1 Å². The summed E-state index contributed by atoms with van der Waals surface area (Å²) in [4.78, 5) is 26.9. The number of fused-ring (bicyclic) bond motifs is 3. The number of nitro benzene ring substituents is 1. The van der Waals surface area contributed by atoms with Gasteiger partial charge in [0.2, 0.25) is 5.60 Å². The molecular formula is C30H32N2O5. The molecule has 0 saturated heterocycles. The van der Waals surface area contributed by atoms with Crippen LogP contribution in [0.25, 0.3) is 0 Å². The first-order valence-electron chi connectivity index (χ1n) is 12.4. The minimum atomic E-state index is -1.51. The number of carbonyl (C=O) groups is 1. The first-order chi connectivity index (χ1) is 17.2. The van der Waals surface area contributed by atoms with Gasteiger partial charge in [-0.15, -0.1) is 0 Å². The van der Waals surface area contributed by atoms with Crippen molar-refractivity contribution in [2.24, 2.45) is 0 Å². The Morgan fingerprint density at radius 3 is 2.14 bits per heavy atom. The van der Waals surface area contributed by atoms with Crippen LogP contribution in [-0.2, 0) is 21.2 Å². The van der Waals surface area contributed by atoms with Crippen LogP contribution in [0.1, 0.15) is 75.3 Å². The minimum Gasteiger partial charge on any atom is -0.507 e. The molecule has 2 atom stereocenters. The molecule has 0 fully saturated rings. The molecule has 0 aromatic heterocycles. The molecule has 7 heteroatoms. The molecule has 2 aliphatic heterocycles. The van der Waals surface area contributed by atoms with E-state index in [1.807, 2.05) is 77.9 Å². The van der Waals surface area contributed by atoms with E-state index < -0.39 is 16.4 Å². The Morgan fingerprint density at radius 1 is 0.973 bits per heavy atom. The molecule has 1 N–H and O–H groups in total. The summed E-state index contributed by atoms with van der Waals surface area (Å²) in [5, 5.41) is 23.1. The van der Waals surface area contributed by atoms with Gasteiger partial charge in [0.15, 0.2) is 0 Å². The van der Waals surface area contributed by atoms with Gasteiger partial charge in [-0.3, -0.25) is 14.9 Å². The lowest BCUT2D eigenvalue weighted by Crippen LogP contribution is -2.45. The van der Waals surface area contributed by atoms with Crippen LogP contribution < -0.4 is 9.64 Å². The van der Waals surface area contributed by atoms with Gasteiger partial charge in [-0.2, -0.15) is 0 Å². The van der Waals surface area contributed by atoms with E-state index >= 15 is 0 Å². The number of hydrogen-bond acceptors (Lipinski definition) is 5. The molecule has 1 spiro atoms. The zero-order chi connectivity index (χ0) is 27.1. The van der Waals surface area contributed by atoms with Gasteiger partial charge in [0.05, 0.1) is 16.5 Å². The summed E-state index contributed by atoms with van der Waals surface area (Å²) in [6.07, 6.45) is 0. The molecule has 0 unspecified atom stereocenters. The fourth-order valence-corrected chi connectivity index (χ4v) is 5.72. The maximum absolute atomic E-state index is 14.1. The van der Waals surface area contributed by atoms with Gasteiger partial charge in [-0.1, -0.05) is 71.9 Å². The Morgan fingerprint density at radius 2 is 1.57 bits per heavy atom. The molecule has 2 heterocycles. The molecule has 192 valence electrons. The highest BCUT2D eigenvalue weighted by Gasteiger charge is 2.62. The number of benzene rings is 3. The largest absolute Gasteiger partial charge is 0.507 e. The summed E-state index contributed by atoms with van der Waals surface area (Å²) >= 11 is 0. The van der Waals surface area contributed by atoms with Crippen molar-refractivity contribution >= 4 is 17.3 Å². The maximum atomic E-state index is 14.1. The quantitative estimate of drug-likeness (QED) is 0.330. The molecule has 0 bridgehead atoms. The van der Waals surface area contributed by atoms with E-state index in [1.54, 1.807) is 13.1 Å². The topological polar surface area (TPSA) is 92.9 Å². The third kappa shape index (κ3) is 3.51. The van der Waals surface area contributed by atoms with Crippen molar-refractivity contribution < 1.29 is 19.6 Å². The van der Waals surface area contributed by atoms with Crippen LogP contribution in [0.5, 0.6) is 11.5 Å². The smallest absolute Gasteiger partial charge is 0.276 e. The van der Waals surface area contributed by atoms with E-state index in [1.165, 1.54) is 17.0 Å². The number of phenols is 1. The molecule has 5 rings (SSSR count). The Labute approximate surface area is 216 Å². The lowest BCUT2D eigenvalue weighted by Gasteiger charge is -2.33. The number of hydrogen-bond donors (Lipinski definition) is 1. The third-order valence-corrected chi connectivity index (χ3v) is 7.56. The SMILES string of the molecule is CN1C(=O)[C@]2(Oc3ccccc3[C@H]2c2cc(C(C)(C)C)c(O)c(C(C)(C)C)c2)c2cc([N+](=O)[O-])ccc21. The zero-order valence-corrected chi connectivity index (χ0v) is 22.2. The van der Waals surface area contributed by atoms with Crippen LogP contribution in [0.15, 0.2) is 54.6 Å². The van der Waals surface area contributed by atoms with Crippen LogP contribution in [0.3, 0.4) is 0 Å². The standard InChI is InChI=1S/C30H32N2O5/c1-28(2,3)21-14-17(15-22(26(21)33)29(4,5)6)25-19-10-8-9-11-24(19)37-30(25)20-16-18(32(35)36)12-13-23(20)31(7)27(30)34/h8-16,25,33H,1-7H3/t25-,30+/m1/s1. The predicted molar refractivity (Wildman–Crippen MR) is 143 cm³/mol. The Bertz CT molecular complexity index is 1430. The first kappa shape index (κ1) is 24.8. The normalized spacial score (nSPS) is 20.7. The van der Waals surface area contributed by atoms with Crippen LogP contribution in [0.4, 0.5) is 11.4 Å². The highest BCUT2D eigenvalue weighted by Crippen LogP contribution is 2.60. The second kappa shape index (κ2) is 7.81. The van der Waals surface area contributed by atoms with Gasteiger partial charge in [0, 0.05) is 30.3 Å². The lowest BCUT2D eigenvalue weighted by molar-refractivity contribution is -0.385. The molecule has 0 aliphatic carbocycles. The van der Waals surface area contributed by atoms with E-state index in [2.05, 4.69) is 0 Å². The first-order valence-corrected chi connectivity index (χ1v) is 12.4. The number of rotatable bonds is 2. The van der Waals surface area contributed by atoms with E-state index in [0.717, 1.165) is 22.3 Å². The zero-order valence-electron chi connectivity index (χ0n) is 22.2. The van der Waals surface area contributed by atoms with E-state index in [0.29, 0.717) is 17.0 Å². The summed E-state index contributed by atoms with van der Waals surface area (Å²) in [7, 11) is 1.67. The summed E-state index contributed by atoms with van der Waals surface area (Å²) in [5.74, 6) is -0.0520. The number of anilines is 1. The molecule has 3 aromatic rings. The van der Waals surface area contributed by atoms with E-state index in [4.69, 9.17) is 4.74 Å². The van der Waals surface area contributed by atoms with Gasteiger partial charge < -0.3 is 14.7 Å². The number of aromatic hydroxyl groups is 1. The number of phenolic OH excluding ortho intramolecular Hbond substituents is 1. The van der Waals surface area contributed by atoms with Gasteiger partial charge in [0.1, 0.15) is 11.5 Å². The van der Waals surface area contributed by atoms with Crippen molar-refractivity contribution in [1.29, 1.82) is 0 Å². The summed E-state index contributed by atoms with van der Waals surface area (Å²) < 4.78 is 6.57. The van der Waals surface area contributed by atoms with Crippen molar-refractivity contribution in [1.82, 2.24) is 0 Å². The monoisotopic (exact) mass is 500 g/mol. The molecule has 7 nitrogen and oxygen atoms in total. The number of non-ortho nitro benzene ring substituents is 1. The number of carbonyl (C=O) groups excluding carboxylic acids is 1. The van der Waals surface area contributed by atoms with Crippen LogP contribution >= 0.6 is 0 Å². The molecule has 0 radical (unpaired) electrons. The Balaban J connectivity index is 1.88. The lowest BCUT2D eigenvalue weighted by atomic mass is 9.71.